The van der Waals surface area contributed by atoms with Crippen LogP contribution in [0.1, 0.15) is 44.4 Å². The first-order chi connectivity index (χ1) is 10.6. The fraction of sp³-hybridized carbons (Fsp3) is 0.667. The third-order valence-corrected chi connectivity index (χ3v) is 3.76. The molecule has 0 aliphatic carbocycles. The molecule has 0 unspecified atom stereocenters. The largest absolute Gasteiger partial charge is 0.379 e. The zero-order valence-electron chi connectivity index (χ0n) is 13.0. The van der Waals surface area contributed by atoms with Gasteiger partial charge in [0.1, 0.15) is 6.23 Å². The first-order valence-corrected chi connectivity index (χ1v) is 7.61. The fourth-order valence-corrected chi connectivity index (χ4v) is 2.49. The summed E-state index contributed by atoms with van der Waals surface area (Å²) < 4.78 is 13.2. The molecule has 0 spiro atoms. The van der Waals surface area contributed by atoms with Crippen molar-refractivity contribution in [1.82, 2.24) is 9.13 Å². The fourth-order valence-electron chi connectivity index (χ4n) is 2.49. The number of carbonyl (C=O) groups is 1. The summed E-state index contributed by atoms with van der Waals surface area (Å²) in [6, 6.07) is 0. The Hall–Kier alpha value is -1.73. The van der Waals surface area contributed by atoms with Gasteiger partial charge in [0, 0.05) is 18.4 Å². The maximum Gasteiger partial charge on any atom is 0.339 e. The molecular formula is C15H22N2O5. The van der Waals surface area contributed by atoms with Gasteiger partial charge in [-0.15, -0.1) is 0 Å². The van der Waals surface area contributed by atoms with E-state index in [2.05, 4.69) is 6.92 Å². The molecule has 1 aromatic heterocycles. The van der Waals surface area contributed by atoms with Crippen LogP contribution in [0.4, 0.5) is 0 Å². The molecule has 0 amide bonds. The summed E-state index contributed by atoms with van der Waals surface area (Å²) >= 11 is 0. The van der Waals surface area contributed by atoms with E-state index in [1.54, 1.807) is 6.92 Å². The summed E-state index contributed by atoms with van der Waals surface area (Å²) in [5.41, 5.74) is -0.921. The van der Waals surface area contributed by atoms with Crippen LogP contribution < -0.4 is 11.2 Å². The lowest BCUT2D eigenvalue weighted by Gasteiger charge is -2.17. The zero-order valence-corrected chi connectivity index (χ0v) is 13.0. The Labute approximate surface area is 128 Å². The van der Waals surface area contributed by atoms with Gasteiger partial charge < -0.3 is 9.47 Å². The van der Waals surface area contributed by atoms with E-state index in [0.29, 0.717) is 29.8 Å². The molecule has 0 aromatic carbocycles. The quantitative estimate of drug-likeness (QED) is 0.551. The summed E-state index contributed by atoms with van der Waals surface area (Å²) in [6.07, 6.45) is 4.70. The zero-order chi connectivity index (χ0) is 16.1. The Morgan fingerprint density at radius 3 is 2.86 bits per heavy atom. The molecule has 1 aromatic rings. The molecule has 0 saturated carbocycles. The highest BCUT2D eigenvalue weighted by Gasteiger charge is 2.28. The molecule has 0 bridgehead atoms. The number of carbonyl (C=O) groups excluding carboxylic acids is 1. The molecule has 122 valence electrons. The number of aryl methyl sites for hydroxylation is 1. The maximum absolute atomic E-state index is 12.1. The van der Waals surface area contributed by atoms with Gasteiger partial charge in [0.25, 0.3) is 5.56 Å². The molecule has 7 nitrogen and oxygen atoms in total. The number of aromatic nitrogens is 2. The number of unbranched alkanes of at least 4 members (excludes halogenated alkanes) is 1. The molecule has 2 atom stereocenters. The maximum atomic E-state index is 12.1. The number of hydrogen-bond donors (Lipinski definition) is 0. The summed E-state index contributed by atoms with van der Waals surface area (Å²) in [5.74, 6) is 0. The van der Waals surface area contributed by atoms with Crippen LogP contribution in [0.5, 0.6) is 0 Å². The van der Waals surface area contributed by atoms with Crippen LogP contribution in [0.2, 0.25) is 0 Å². The second-order valence-corrected chi connectivity index (χ2v) is 5.50. The van der Waals surface area contributed by atoms with E-state index in [1.165, 1.54) is 10.8 Å². The summed E-state index contributed by atoms with van der Waals surface area (Å²) in [5, 5.41) is 0. The number of rotatable bonds is 7. The second kappa shape index (κ2) is 7.51. The lowest BCUT2D eigenvalue weighted by atomic mass is 10.2. The monoisotopic (exact) mass is 310 g/mol. The third kappa shape index (κ3) is 3.53. The molecule has 1 fully saturated rings. The molecule has 0 N–H and O–H groups in total. The molecule has 0 radical (unpaired) electrons. The molecule has 1 aliphatic rings. The Kier molecular flexibility index (Phi) is 5.68. The van der Waals surface area contributed by atoms with Crippen LogP contribution in [-0.4, -0.2) is 34.9 Å². The van der Waals surface area contributed by atoms with Gasteiger partial charge in [-0.2, -0.15) is 4.57 Å². The highest BCUT2D eigenvalue weighted by Crippen LogP contribution is 2.27. The van der Waals surface area contributed by atoms with Crippen LogP contribution >= 0.6 is 0 Å². The first-order valence-electron chi connectivity index (χ1n) is 7.61. The van der Waals surface area contributed by atoms with Crippen molar-refractivity contribution in [1.29, 1.82) is 0 Å². The molecule has 1 aliphatic heterocycles. The lowest BCUT2D eigenvalue weighted by Crippen LogP contribution is -2.42. The van der Waals surface area contributed by atoms with Crippen molar-refractivity contribution < 1.29 is 14.3 Å². The van der Waals surface area contributed by atoms with Crippen molar-refractivity contribution in [3.05, 3.63) is 32.6 Å². The van der Waals surface area contributed by atoms with E-state index in [1.807, 2.05) is 0 Å². The van der Waals surface area contributed by atoms with Crippen LogP contribution in [0.25, 0.3) is 0 Å². The van der Waals surface area contributed by atoms with Crippen molar-refractivity contribution in [2.75, 3.05) is 13.2 Å². The Bertz CT molecular complexity index is 634. The van der Waals surface area contributed by atoms with Crippen LogP contribution in [0, 0.1) is 6.92 Å². The minimum absolute atomic E-state index is 0.0642. The van der Waals surface area contributed by atoms with Gasteiger partial charge in [0.2, 0.25) is 6.41 Å². The van der Waals surface area contributed by atoms with Crippen LogP contribution in [0.15, 0.2) is 15.8 Å². The van der Waals surface area contributed by atoms with Gasteiger partial charge in [-0.1, -0.05) is 13.3 Å². The van der Waals surface area contributed by atoms with Gasteiger partial charge in [-0.25, -0.2) is 4.79 Å². The van der Waals surface area contributed by atoms with Crippen LogP contribution in [-0.2, 0) is 14.3 Å². The first kappa shape index (κ1) is 16.6. The predicted octanol–water partition coefficient (Wildman–Crippen LogP) is 0.851. The van der Waals surface area contributed by atoms with Gasteiger partial charge in [0.05, 0.1) is 12.7 Å². The molecule has 2 heterocycles. The summed E-state index contributed by atoms with van der Waals surface area (Å²) in [7, 11) is 0. The van der Waals surface area contributed by atoms with Gasteiger partial charge in [-0.05, 0) is 26.2 Å². The van der Waals surface area contributed by atoms with Crippen molar-refractivity contribution >= 4 is 6.41 Å². The minimum Gasteiger partial charge on any atom is -0.379 e. The predicted molar refractivity (Wildman–Crippen MR) is 80.7 cm³/mol. The van der Waals surface area contributed by atoms with Crippen LogP contribution in [0.3, 0.4) is 0 Å². The van der Waals surface area contributed by atoms with E-state index in [9.17, 15) is 14.4 Å². The standard InChI is InChI=1S/C15H22N2O5/c1-3-4-7-21-9-12-5-6-13(22-12)16-8-11(2)14(19)17(10-18)15(16)20/h8,10,12-13H,3-7,9H2,1-2H3/t12-,13+/m0/s1. The number of nitrogens with zero attached hydrogens (tertiary/aromatic N) is 2. The van der Waals surface area contributed by atoms with E-state index in [0.717, 1.165) is 19.3 Å². The average Bonchev–Trinajstić information content (AvgIpc) is 2.97. The molecule has 22 heavy (non-hydrogen) atoms. The average molecular weight is 310 g/mol. The van der Waals surface area contributed by atoms with Crippen molar-refractivity contribution in [2.24, 2.45) is 0 Å². The molecular weight excluding hydrogens is 288 g/mol. The topological polar surface area (TPSA) is 79.5 Å². The normalized spacial score (nSPS) is 21.2. The molecule has 1 saturated heterocycles. The van der Waals surface area contributed by atoms with Gasteiger partial charge in [-0.3, -0.25) is 14.2 Å². The van der Waals surface area contributed by atoms with E-state index in [4.69, 9.17) is 9.47 Å². The Balaban J connectivity index is 2.08. The van der Waals surface area contributed by atoms with E-state index >= 15 is 0 Å². The van der Waals surface area contributed by atoms with E-state index in [-0.39, 0.29) is 12.5 Å². The lowest BCUT2D eigenvalue weighted by molar-refractivity contribution is -0.0433. The smallest absolute Gasteiger partial charge is 0.339 e. The van der Waals surface area contributed by atoms with E-state index < -0.39 is 17.5 Å². The number of hydrogen-bond acceptors (Lipinski definition) is 5. The van der Waals surface area contributed by atoms with Crippen molar-refractivity contribution in [2.45, 2.75) is 51.9 Å². The highest BCUT2D eigenvalue weighted by atomic mass is 16.6. The van der Waals surface area contributed by atoms with Gasteiger partial charge >= 0.3 is 5.69 Å². The van der Waals surface area contributed by atoms with Gasteiger partial charge in [0.15, 0.2) is 0 Å². The second-order valence-electron chi connectivity index (χ2n) is 5.50. The highest BCUT2D eigenvalue weighted by molar-refractivity contribution is 5.51. The summed E-state index contributed by atoms with van der Waals surface area (Å²) in [6.45, 7) is 4.87. The van der Waals surface area contributed by atoms with Crippen molar-refractivity contribution in [3.8, 4) is 0 Å². The number of ether oxygens (including phenoxy) is 2. The molecule has 7 heteroatoms. The molecule has 2 rings (SSSR count). The van der Waals surface area contributed by atoms with Crippen molar-refractivity contribution in [3.63, 3.8) is 0 Å². The summed E-state index contributed by atoms with van der Waals surface area (Å²) in [4.78, 5) is 34.8. The Morgan fingerprint density at radius 2 is 2.18 bits per heavy atom. The third-order valence-electron chi connectivity index (χ3n) is 3.76. The SMILES string of the molecule is CCCCOC[C@@H]1CC[C@H](n2cc(C)c(=O)n(C=O)c2=O)O1. The Morgan fingerprint density at radius 1 is 1.41 bits per heavy atom. The minimum atomic E-state index is -0.664.